The SMILES string of the molecule is CC(C)c1cc(C(=O)O)c(NC(=O)OCc2ccccc2)s1. The molecule has 1 heterocycles. The predicted molar refractivity (Wildman–Crippen MR) is 85.6 cm³/mol. The Morgan fingerprint density at radius 3 is 2.55 bits per heavy atom. The summed E-state index contributed by atoms with van der Waals surface area (Å²) >= 11 is 1.25. The van der Waals surface area contributed by atoms with E-state index in [4.69, 9.17) is 4.74 Å². The van der Waals surface area contributed by atoms with Crippen LogP contribution in [0.3, 0.4) is 0 Å². The lowest BCUT2D eigenvalue weighted by molar-refractivity contribution is 0.0698. The first kappa shape index (κ1) is 16.0. The first-order valence-electron chi connectivity index (χ1n) is 6.82. The highest BCUT2D eigenvalue weighted by Crippen LogP contribution is 2.33. The maximum Gasteiger partial charge on any atom is 0.412 e. The van der Waals surface area contributed by atoms with Gasteiger partial charge in [0, 0.05) is 4.88 Å². The molecule has 0 aliphatic carbocycles. The van der Waals surface area contributed by atoms with Crippen molar-refractivity contribution in [3.8, 4) is 0 Å². The predicted octanol–water partition coefficient (Wildman–Crippen LogP) is 4.32. The van der Waals surface area contributed by atoms with Gasteiger partial charge in [-0.3, -0.25) is 5.32 Å². The number of benzene rings is 1. The van der Waals surface area contributed by atoms with Crippen LogP contribution in [0.1, 0.15) is 40.6 Å². The lowest BCUT2D eigenvalue weighted by Gasteiger charge is -2.06. The summed E-state index contributed by atoms with van der Waals surface area (Å²) < 4.78 is 5.10. The summed E-state index contributed by atoms with van der Waals surface area (Å²) in [6.07, 6.45) is -0.663. The Morgan fingerprint density at radius 2 is 1.95 bits per heavy atom. The van der Waals surface area contributed by atoms with Gasteiger partial charge in [-0.2, -0.15) is 0 Å². The minimum atomic E-state index is -1.07. The molecule has 1 amide bonds. The second-order valence-electron chi connectivity index (χ2n) is 5.04. The highest BCUT2D eigenvalue weighted by molar-refractivity contribution is 7.16. The Hall–Kier alpha value is -2.34. The largest absolute Gasteiger partial charge is 0.478 e. The van der Waals surface area contributed by atoms with Crippen LogP contribution in [-0.4, -0.2) is 17.2 Å². The standard InChI is InChI=1S/C16H17NO4S/c1-10(2)13-8-12(15(18)19)14(22-13)17-16(20)21-9-11-6-4-3-5-7-11/h3-8,10H,9H2,1-2H3,(H,17,20)(H,18,19). The van der Waals surface area contributed by atoms with Gasteiger partial charge in [0.15, 0.2) is 0 Å². The van der Waals surface area contributed by atoms with Gasteiger partial charge in [0.25, 0.3) is 0 Å². The third-order valence-electron chi connectivity index (χ3n) is 2.98. The van der Waals surface area contributed by atoms with E-state index in [2.05, 4.69) is 5.32 Å². The number of rotatable bonds is 5. The highest BCUT2D eigenvalue weighted by atomic mass is 32.1. The average molecular weight is 319 g/mol. The van der Waals surface area contributed by atoms with E-state index in [0.717, 1.165) is 10.4 Å². The van der Waals surface area contributed by atoms with Crippen LogP contribution in [0.5, 0.6) is 0 Å². The molecular weight excluding hydrogens is 302 g/mol. The van der Waals surface area contributed by atoms with Crippen molar-refractivity contribution >= 4 is 28.4 Å². The third kappa shape index (κ3) is 4.08. The number of carboxylic acid groups (broad SMARTS) is 1. The summed E-state index contributed by atoms with van der Waals surface area (Å²) in [5.74, 6) is -0.875. The monoisotopic (exact) mass is 319 g/mol. The molecule has 0 saturated heterocycles. The molecule has 2 aromatic rings. The molecule has 0 aliphatic heterocycles. The Bertz CT molecular complexity index is 664. The second-order valence-corrected chi connectivity index (χ2v) is 6.12. The van der Waals surface area contributed by atoms with Gasteiger partial charge in [-0.15, -0.1) is 11.3 Å². The summed E-state index contributed by atoms with van der Waals surface area (Å²) in [6.45, 7) is 4.07. The van der Waals surface area contributed by atoms with E-state index in [1.165, 1.54) is 11.3 Å². The maximum atomic E-state index is 11.8. The van der Waals surface area contributed by atoms with Crippen molar-refractivity contribution in [2.24, 2.45) is 0 Å². The number of ether oxygens (including phenoxy) is 1. The maximum absolute atomic E-state index is 11.8. The van der Waals surface area contributed by atoms with E-state index in [1.54, 1.807) is 6.07 Å². The molecule has 2 N–H and O–H groups in total. The summed E-state index contributed by atoms with van der Waals surface area (Å²) in [5, 5.41) is 12.0. The number of nitrogens with one attached hydrogen (secondary N) is 1. The van der Waals surface area contributed by atoms with Gasteiger partial charge >= 0.3 is 12.1 Å². The second kappa shape index (κ2) is 7.09. The van der Waals surface area contributed by atoms with Crippen LogP contribution in [0.2, 0.25) is 0 Å². The number of amides is 1. The average Bonchev–Trinajstić information content (AvgIpc) is 2.90. The molecule has 0 atom stereocenters. The number of thiophene rings is 1. The van der Waals surface area contributed by atoms with Gasteiger partial charge < -0.3 is 9.84 Å². The molecule has 116 valence electrons. The lowest BCUT2D eigenvalue weighted by atomic mass is 10.1. The Labute approximate surface area is 132 Å². The van der Waals surface area contributed by atoms with Crippen LogP contribution in [0.4, 0.5) is 9.80 Å². The van der Waals surface area contributed by atoms with E-state index in [9.17, 15) is 14.7 Å². The van der Waals surface area contributed by atoms with Gasteiger partial charge in [-0.05, 0) is 17.5 Å². The molecule has 1 aromatic heterocycles. The zero-order valence-corrected chi connectivity index (χ0v) is 13.1. The smallest absolute Gasteiger partial charge is 0.412 e. The van der Waals surface area contributed by atoms with Gasteiger partial charge in [-0.25, -0.2) is 9.59 Å². The number of hydrogen-bond acceptors (Lipinski definition) is 4. The van der Waals surface area contributed by atoms with Crippen molar-refractivity contribution in [1.82, 2.24) is 0 Å². The molecule has 2 rings (SSSR count). The van der Waals surface area contributed by atoms with E-state index in [0.29, 0.717) is 5.00 Å². The van der Waals surface area contributed by atoms with Crippen LogP contribution < -0.4 is 5.32 Å². The minimum Gasteiger partial charge on any atom is -0.478 e. The number of carboxylic acids is 1. The topological polar surface area (TPSA) is 75.6 Å². The van der Waals surface area contributed by atoms with Crippen LogP contribution in [0.25, 0.3) is 0 Å². The van der Waals surface area contributed by atoms with Crippen LogP contribution >= 0.6 is 11.3 Å². The molecule has 5 nitrogen and oxygen atoms in total. The molecule has 0 spiro atoms. The molecular formula is C16H17NO4S. The Morgan fingerprint density at radius 1 is 1.27 bits per heavy atom. The van der Waals surface area contributed by atoms with Gasteiger partial charge in [-0.1, -0.05) is 44.2 Å². The van der Waals surface area contributed by atoms with Crippen LogP contribution in [-0.2, 0) is 11.3 Å². The van der Waals surface area contributed by atoms with E-state index < -0.39 is 12.1 Å². The quantitative estimate of drug-likeness (QED) is 0.860. The highest BCUT2D eigenvalue weighted by Gasteiger charge is 2.19. The fraction of sp³-hybridized carbons (Fsp3) is 0.250. The van der Waals surface area contributed by atoms with Crippen molar-refractivity contribution in [2.45, 2.75) is 26.4 Å². The van der Waals surface area contributed by atoms with Crippen molar-refractivity contribution < 1.29 is 19.4 Å². The van der Waals surface area contributed by atoms with Crippen molar-refractivity contribution in [2.75, 3.05) is 5.32 Å². The van der Waals surface area contributed by atoms with E-state index >= 15 is 0 Å². The first-order chi connectivity index (χ1) is 10.5. The number of carbonyl (C=O) groups excluding carboxylic acids is 1. The minimum absolute atomic E-state index is 0.0883. The summed E-state index contributed by atoms with van der Waals surface area (Å²) in [5.41, 5.74) is 0.954. The Kier molecular flexibility index (Phi) is 5.16. The van der Waals surface area contributed by atoms with Crippen LogP contribution in [0, 0.1) is 0 Å². The fourth-order valence-electron chi connectivity index (χ4n) is 1.80. The molecule has 0 saturated carbocycles. The van der Waals surface area contributed by atoms with Gasteiger partial charge in [0.05, 0.1) is 5.56 Å². The lowest BCUT2D eigenvalue weighted by Crippen LogP contribution is -2.14. The number of hydrogen-bond donors (Lipinski definition) is 2. The normalized spacial score (nSPS) is 10.5. The molecule has 6 heteroatoms. The molecule has 0 aliphatic rings. The van der Waals surface area contributed by atoms with Crippen molar-refractivity contribution in [3.63, 3.8) is 0 Å². The first-order valence-corrected chi connectivity index (χ1v) is 7.63. The summed E-state index contributed by atoms with van der Waals surface area (Å²) in [7, 11) is 0. The van der Waals surface area contributed by atoms with E-state index in [1.807, 2.05) is 44.2 Å². The molecule has 22 heavy (non-hydrogen) atoms. The van der Waals surface area contributed by atoms with Crippen LogP contribution in [0.15, 0.2) is 36.4 Å². The third-order valence-corrected chi connectivity index (χ3v) is 4.33. The van der Waals surface area contributed by atoms with Crippen molar-refractivity contribution in [1.29, 1.82) is 0 Å². The molecule has 0 bridgehead atoms. The number of aromatic carboxylic acids is 1. The molecule has 0 unspecified atom stereocenters. The summed E-state index contributed by atoms with van der Waals surface area (Å²) in [6, 6.07) is 10.9. The molecule has 0 radical (unpaired) electrons. The summed E-state index contributed by atoms with van der Waals surface area (Å²) in [4.78, 5) is 24.0. The fourth-order valence-corrected chi connectivity index (χ4v) is 2.84. The van der Waals surface area contributed by atoms with E-state index in [-0.39, 0.29) is 18.1 Å². The zero-order valence-electron chi connectivity index (χ0n) is 12.3. The van der Waals surface area contributed by atoms with Crippen molar-refractivity contribution in [3.05, 3.63) is 52.4 Å². The van der Waals surface area contributed by atoms with Gasteiger partial charge in [0.1, 0.15) is 11.6 Å². The number of anilines is 1. The zero-order chi connectivity index (χ0) is 16.1. The molecule has 0 fully saturated rings. The van der Waals surface area contributed by atoms with Gasteiger partial charge in [0.2, 0.25) is 0 Å². The Balaban J connectivity index is 2.03. The number of carbonyl (C=O) groups is 2. The molecule has 1 aromatic carbocycles.